The molecule has 0 unspecified atom stereocenters. The highest BCUT2D eigenvalue weighted by Gasteiger charge is 2.23. The molecule has 7 rings (SSSR count). The number of ether oxygens (including phenoxy) is 2. The van der Waals surface area contributed by atoms with Crippen LogP contribution in [0.15, 0.2) is 153 Å². The molecule has 0 heterocycles. The summed E-state index contributed by atoms with van der Waals surface area (Å²) < 4.78 is 147. The maximum Gasteiger partial charge on any atom is 0.294 e. The Morgan fingerprint density at radius 1 is 0.339 bits per heavy atom. The van der Waals surface area contributed by atoms with E-state index in [2.05, 4.69) is 0 Å². The molecule has 0 radical (unpaired) electrons. The summed E-state index contributed by atoms with van der Waals surface area (Å²) in [7, 11) is -18.5. The smallest absolute Gasteiger partial charge is 0.294 e. The minimum Gasteiger partial charge on any atom is -0.455 e. The molecule has 0 saturated heterocycles. The molecular formula is C38H26O14S4. The third kappa shape index (κ3) is 7.72. The highest BCUT2D eigenvalue weighted by Crippen LogP contribution is 2.48. The van der Waals surface area contributed by atoms with Gasteiger partial charge in [-0.3, -0.25) is 18.2 Å². The van der Waals surface area contributed by atoms with E-state index < -0.39 is 60.1 Å². The van der Waals surface area contributed by atoms with E-state index in [4.69, 9.17) is 9.47 Å². The highest BCUT2D eigenvalue weighted by molar-refractivity contribution is 7.86. The van der Waals surface area contributed by atoms with Gasteiger partial charge in [0.1, 0.15) is 23.0 Å². The quantitative estimate of drug-likeness (QED) is 0.0757. The summed E-state index contributed by atoms with van der Waals surface area (Å²) in [5.74, 6) is 0.748. The van der Waals surface area contributed by atoms with E-state index in [0.717, 1.165) is 48.5 Å². The molecule has 0 aromatic heterocycles. The monoisotopic (exact) mass is 834 g/mol. The molecule has 0 fully saturated rings. The van der Waals surface area contributed by atoms with Crippen LogP contribution in [-0.2, 0) is 40.5 Å². The largest absolute Gasteiger partial charge is 0.455 e. The van der Waals surface area contributed by atoms with Crippen molar-refractivity contribution < 1.29 is 61.4 Å². The van der Waals surface area contributed by atoms with E-state index in [1.807, 2.05) is 0 Å². The fraction of sp³-hybridized carbons (Fsp3) is 0. The second kappa shape index (κ2) is 14.1. The summed E-state index contributed by atoms with van der Waals surface area (Å²) in [5, 5.41) is 1.95. The summed E-state index contributed by atoms with van der Waals surface area (Å²) in [5.41, 5.74) is 0.826. The third-order valence-electron chi connectivity index (χ3n) is 8.68. The summed E-state index contributed by atoms with van der Waals surface area (Å²) >= 11 is 0. The topological polar surface area (TPSA) is 236 Å². The molecular weight excluding hydrogens is 809 g/mol. The Hall–Kier alpha value is -5.70. The van der Waals surface area contributed by atoms with Gasteiger partial charge in [-0.05, 0) is 71.8 Å². The zero-order chi connectivity index (χ0) is 40.2. The van der Waals surface area contributed by atoms with E-state index in [1.54, 1.807) is 48.5 Å². The summed E-state index contributed by atoms with van der Waals surface area (Å²) in [6.45, 7) is 0. The second-order valence-electron chi connectivity index (χ2n) is 12.2. The van der Waals surface area contributed by atoms with Crippen molar-refractivity contribution >= 4 is 62.0 Å². The van der Waals surface area contributed by atoms with Gasteiger partial charge in [0.15, 0.2) is 0 Å². The van der Waals surface area contributed by atoms with Crippen LogP contribution in [0.2, 0.25) is 0 Å². The van der Waals surface area contributed by atoms with Gasteiger partial charge in [0.05, 0.1) is 19.6 Å². The van der Waals surface area contributed by atoms with Gasteiger partial charge in [-0.15, -0.1) is 0 Å². The van der Waals surface area contributed by atoms with Gasteiger partial charge < -0.3 is 9.47 Å². The molecule has 0 bridgehead atoms. The molecule has 0 saturated carbocycles. The van der Waals surface area contributed by atoms with E-state index >= 15 is 0 Å². The van der Waals surface area contributed by atoms with Crippen LogP contribution in [0.4, 0.5) is 0 Å². The molecule has 0 aliphatic heterocycles. The van der Waals surface area contributed by atoms with Crippen molar-refractivity contribution in [2.75, 3.05) is 0 Å². The van der Waals surface area contributed by atoms with Crippen molar-refractivity contribution in [1.82, 2.24) is 0 Å². The Balaban J connectivity index is 1.41. The molecule has 4 N–H and O–H groups in total. The summed E-state index contributed by atoms with van der Waals surface area (Å²) in [6.07, 6.45) is 0. The number of hydrogen-bond donors (Lipinski definition) is 4. The van der Waals surface area contributed by atoms with Crippen molar-refractivity contribution in [2.45, 2.75) is 19.6 Å². The first kappa shape index (κ1) is 38.6. The van der Waals surface area contributed by atoms with Crippen LogP contribution < -0.4 is 9.47 Å². The van der Waals surface area contributed by atoms with Gasteiger partial charge in [0, 0.05) is 32.7 Å². The number of hydrogen-bond acceptors (Lipinski definition) is 10. The Labute approximate surface area is 320 Å². The number of fused-ring (bicyclic) bond motifs is 2. The number of rotatable bonds is 10. The zero-order valence-electron chi connectivity index (χ0n) is 28.2. The summed E-state index contributed by atoms with van der Waals surface area (Å²) in [4.78, 5) is -1.76. The molecule has 0 amide bonds. The lowest BCUT2D eigenvalue weighted by Gasteiger charge is -2.20. The molecule has 0 atom stereocenters. The van der Waals surface area contributed by atoms with Crippen LogP contribution >= 0.6 is 0 Å². The van der Waals surface area contributed by atoms with Crippen LogP contribution in [0.5, 0.6) is 23.0 Å². The van der Waals surface area contributed by atoms with E-state index in [9.17, 15) is 51.9 Å². The Morgan fingerprint density at radius 2 is 0.607 bits per heavy atom. The van der Waals surface area contributed by atoms with E-state index in [0.29, 0.717) is 21.5 Å². The number of benzene rings is 7. The normalized spacial score (nSPS) is 12.5. The lowest BCUT2D eigenvalue weighted by Crippen LogP contribution is -2.01. The van der Waals surface area contributed by atoms with Crippen molar-refractivity contribution in [1.29, 1.82) is 0 Å². The van der Waals surface area contributed by atoms with Crippen LogP contribution in [0.25, 0.3) is 43.8 Å². The third-order valence-corrected chi connectivity index (χ3v) is 12.1. The SMILES string of the molecule is O=S(=O)(O)c1ccc(-c2cc(S(=O)(=O)O)ccc2Oc2c3ccccc3c(Oc3ccc(S(=O)(=O)O)cc3-c3ccc(S(=O)(=O)O)cc3)c3ccccc23)cc1. The molecule has 7 aromatic carbocycles. The molecule has 18 heteroatoms. The minimum atomic E-state index is -4.70. The average Bonchev–Trinajstić information content (AvgIpc) is 3.15. The fourth-order valence-electron chi connectivity index (χ4n) is 6.07. The summed E-state index contributed by atoms with van der Waals surface area (Å²) in [6, 6.07) is 30.8. The van der Waals surface area contributed by atoms with E-state index in [-0.39, 0.29) is 45.3 Å². The Morgan fingerprint density at radius 3 is 0.875 bits per heavy atom. The first-order valence-corrected chi connectivity index (χ1v) is 21.7. The Bertz CT molecular complexity index is 2890. The molecule has 56 heavy (non-hydrogen) atoms. The van der Waals surface area contributed by atoms with Gasteiger partial charge in [0.2, 0.25) is 0 Å². The van der Waals surface area contributed by atoms with Gasteiger partial charge >= 0.3 is 0 Å². The maximum atomic E-state index is 12.2. The molecule has 7 aromatic rings. The first-order valence-electron chi connectivity index (χ1n) is 16.0. The predicted octanol–water partition coefficient (Wildman–Crippen LogP) is 7.90. The molecule has 14 nitrogen and oxygen atoms in total. The minimum absolute atomic E-state index is 0.0948. The lowest BCUT2D eigenvalue weighted by atomic mass is 9.99. The molecule has 286 valence electrons. The predicted molar refractivity (Wildman–Crippen MR) is 205 cm³/mol. The van der Waals surface area contributed by atoms with Crippen LogP contribution in [0.1, 0.15) is 0 Å². The average molecular weight is 835 g/mol. The van der Waals surface area contributed by atoms with Crippen LogP contribution in [0, 0.1) is 0 Å². The Kier molecular flexibility index (Phi) is 9.71. The standard InChI is InChI=1S/C38H26O14S4/c39-53(40,41)25-13-9-23(10-14-25)33-21-27(55(45,46)47)17-19-35(33)51-37-29-5-1-2-6-30(29)38(32-8-4-3-7-31(32)37)52-36-20-18-28(56(48,49)50)22-34(36)24-11-15-26(16-12-24)54(42,43)44/h1-22H,(H,39,40,41)(H,42,43,44)(H,45,46,47)(H,48,49,50). The molecule has 0 aliphatic carbocycles. The molecule has 0 spiro atoms. The zero-order valence-corrected chi connectivity index (χ0v) is 31.5. The highest BCUT2D eigenvalue weighted by atomic mass is 32.2. The molecule has 0 aliphatic rings. The van der Waals surface area contributed by atoms with Crippen molar-refractivity contribution in [3.05, 3.63) is 133 Å². The van der Waals surface area contributed by atoms with Gasteiger partial charge in [0.25, 0.3) is 40.5 Å². The van der Waals surface area contributed by atoms with E-state index in [1.165, 1.54) is 36.4 Å². The fourth-order valence-corrected chi connectivity index (χ4v) is 8.04. The van der Waals surface area contributed by atoms with Crippen molar-refractivity contribution in [3.8, 4) is 45.3 Å². The lowest BCUT2D eigenvalue weighted by molar-refractivity contribution is 0.478. The van der Waals surface area contributed by atoms with Crippen molar-refractivity contribution in [3.63, 3.8) is 0 Å². The van der Waals surface area contributed by atoms with Gasteiger partial charge in [-0.25, -0.2) is 0 Å². The van der Waals surface area contributed by atoms with Crippen LogP contribution in [0.3, 0.4) is 0 Å². The second-order valence-corrected chi connectivity index (χ2v) is 17.9. The first-order chi connectivity index (χ1) is 26.3. The van der Waals surface area contributed by atoms with Crippen LogP contribution in [-0.4, -0.2) is 51.9 Å². The van der Waals surface area contributed by atoms with Gasteiger partial charge in [-0.1, -0.05) is 72.8 Å². The van der Waals surface area contributed by atoms with Gasteiger partial charge in [-0.2, -0.15) is 33.7 Å². The maximum absolute atomic E-state index is 12.2. The van der Waals surface area contributed by atoms with Crippen molar-refractivity contribution in [2.24, 2.45) is 0 Å².